The highest BCUT2D eigenvalue weighted by molar-refractivity contribution is 7.99. The molecular formula is C15H17N5O2S. The van der Waals surface area contributed by atoms with Gasteiger partial charge in [0.25, 0.3) is 0 Å². The molecule has 2 heterocycles. The Morgan fingerprint density at radius 2 is 2.26 bits per heavy atom. The second-order valence-corrected chi connectivity index (χ2v) is 6.15. The molecule has 0 atom stereocenters. The van der Waals surface area contributed by atoms with Crippen LogP contribution in [0.25, 0.3) is 0 Å². The number of aryl methyl sites for hydroxylation is 1. The first kappa shape index (κ1) is 15.5. The third-order valence-corrected chi connectivity index (χ3v) is 4.30. The number of H-pyrrole nitrogens is 1. The Kier molecular flexibility index (Phi) is 4.61. The summed E-state index contributed by atoms with van der Waals surface area (Å²) < 4.78 is 0. The van der Waals surface area contributed by atoms with Gasteiger partial charge >= 0.3 is 0 Å². The first-order valence-electron chi connectivity index (χ1n) is 7.34. The number of rotatable bonds is 5. The number of carbonyl (C=O) groups is 2. The molecule has 0 aliphatic carbocycles. The fourth-order valence-electron chi connectivity index (χ4n) is 2.42. The quantitative estimate of drug-likeness (QED) is 0.818. The SMILES string of the molecule is Cc1nc(SCC(=O)Nc2ccccc2N2CCCC2=O)n[nH]1. The summed E-state index contributed by atoms with van der Waals surface area (Å²) in [5.41, 5.74) is 1.40. The highest BCUT2D eigenvalue weighted by Gasteiger charge is 2.24. The van der Waals surface area contributed by atoms with Crippen molar-refractivity contribution in [2.75, 3.05) is 22.5 Å². The van der Waals surface area contributed by atoms with Crippen LogP contribution in [-0.2, 0) is 9.59 Å². The number of anilines is 2. The van der Waals surface area contributed by atoms with Gasteiger partial charge in [-0.2, -0.15) is 0 Å². The van der Waals surface area contributed by atoms with Crippen LogP contribution in [0.5, 0.6) is 0 Å². The number of aromatic nitrogens is 3. The molecule has 1 aliphatic heterocycles. The number of thioether (sulfide) groups is 1. The fourth-order valence-corrected chi connectivity index (χ4v) is 3.06. The topological polar surface area (TPSA) is 91.0 Å². The lowest BCUT2D eigenvalue weighted by Crippen LogP contribution is -2.26. The van der Waals surface area contributed by atoms with Crippen LogP contribution in [-0.4, -0.2) is 39.3 Å². The number of hydrogen-bond donors (Lipinski definition) is 2. The van der Waals surface area contributed by atoms with Gasteiger partial charge in [-0.15, -0.1) is 5.10 Å². The van der Waals surface area contributed by atoms with Crippen LogP contribution in [0.1, 0.15) is 18.7 Å². The predicted molar refractivity (Wildman–Crippen MR) is 88.5 cm³/mol. The van der Waals surface area contributed by atoms with Crippen molar-refractivity contribution in [1.29, 1.82) is 0 Å². The van der Waals surface area contributed by atoms with E-state index in [0.717, 1.165) is 12.1 Å². The van der Waals surface area contributed by atoms with Crippen LogP contribution in [0.4, 0.5) is 11.4 Å². The van der Waals surface area contributed by atoms with Crippen molar-refractivity contribution >= 4 is 35.0 Å². The Bertz CT molecular complexity index is 730. The molecule has 2 amide bonds. The van der Waals surface area contributed by atoms with E-state index < -0.39 is 0 Å². The van der Waals surface area contributed by atoms with Crippen molar-refractivity contribution in [3.63, 3.8) is 0 Å². The van der Waals surface area contributed by atoms with Gasteiger partial charge in [0.15, 0.2) is 0 Å². The monoisotopic (exact) mass is 331 g/mol. The molecule has 23 heavy (non-hydrogen) atoms. The molecule has 0 saturated carbocycles. The minimum atomic E-state index is -0.156. The molecule has 2 aromatic rings. The number of para-hydroxylation sites is 2. The second kappa shape index (κ2) is 6.82. The third kappa shape index (κ3) is 3.70. The fraction of sp³-hybridized carbons (Fsp3) is 0.333. The Hall–Kier alpha value is -2.35. The Labute approximate surface area is 137 Å². The number of aromatic amines is 1. The van der Waals surface area contributed by atoms with Gasteiger partial charge in [0.2, 0.25) is 17.0 Å². The van der Waals surface area contributed by atoms with E-state index in [9.17, 15) is 9.59 Å². The molecular weight excluding hydrogens is 314 g/mol. The maximum Gasteiger partial charge on any atom is 0.234 e. The van der Waals surface area contributed by atoms with Crippen LogP contribution in [0.15, 0.2) is 29.4 Å². The normalized spacial score (nSPS) is 14.3. The van der Waals surface area contributed by atoms with Crippen molar-refractivity contribution in [1.82, 2.24) is 15.2 Å². The molecule has 1 fully saturated rings. The van der Waals surface area contributed by atoms with Crippen molar-refractivity contribution in [2.45, 2.75) is 24.9 Å². The second-order valence-electron chi connectivity index (χ2n) is 5.21. The largest absolute Gasteiger partial charge is 0.324 e. The van der Waals surface area contributed by atoms with Gasteiger partial charge in [0, 0.05) is 13.0 Å². The van der Waals surface area contributed by atoms with E-state index >= 15 is 0 Å². The summed E-state index contributed by atoms with van der Waals surface area (Å²) in [6, 6.07) is 7.36. The van der Waals surface area contributed by atoms with E-state index in [0.29, 0.717) is 29.6 Å². The van der Waals surface area contributed by atoms with Gasteiger partial charge < -0.3 is 10.2 Å². The van der Waals surface area contributed by atoms with Crippen LogP contribution >= 0.6 is 11.8 Å². The minimum absolute atomic E-state index is 0.0947. The van der Waals surface area contributed by atoms with Gasteiger partial charge in [-0.05, 0) is 25.5 Å². The average molecular weight is 331 g/mol. The van der Waals surface area contributed by atoms with E-state index in [-0.39, 0.29) is 17.6 Å². The third-order valence-electron chi connectivity index (χ3n) is 3.45. The molecule has 1 aliphatic rings. The van der Waals surface area contributed by atoms with Crippen molar-refractivity contribution in [3.8, 4) is 0 Å². The molecule has 2 N–H and O–H groups in total. The number of carbonyl (C=O) groups excluding carboxylic acids is 2. The van der Waals surface area contributed by atoms with E-state index in [2.05, 4.69) is 20.5 Å². The highest BCUT2D eigenvalue weighted by atomic mass is 32.2. The zero-order valence-electron chi connectivity index (χ0n) is 12.7. The van der Waals surface area contributed by atoms with Gasteiger partial charge in [-0.1, -0.05) is 23.9 Å². The lowest BCUT2D eigenvalue weighted by Gasteiger charge is -2.19. The summed E-state index contributed by atoms with van der Waals surface area (Å²) in [6.07, 6.45) is 1.41. The molecule has 0 spiro atoms. The van der Waals surface area contributed by atoms with Crippen molar-refractivity contribution in [3.05, 3.63) is 30.1 Å². The molecule has 0 bridgehead atoms. The summed E-state index contributed by atoms with van der Waals surface area (Å²) in [6.45, 7) is 2.50. The van der Waals surface area contributed by atoms with Crippen molar-refractivity contribution in [2.24, 2.45) is 0 Å². The van der Waals surface area contributed by atoms with Crippen LogP contribution in [0.2, 0.25) is 0 Å². The zero-order valence-corrected chi connectivity index (χ0v) is 13.5. The summed E-state index contributed by atoms with van der Waals surface area (Å²) in [7, 11) is 0. The highest BCUT2D eigenvalue weighted by Crippen LogP contribution is 2.29. The van der Waals surface area contributed by atoms with Crippen LogP contribution in [0.3, 0.4) is 0 Å². The molecule has 8 heteroatoms. The molecule has 120 valence electrons. The Balaban J connectivity index is 1.65. The predicted octanol–water partition coefficient (Wildman–Crippen LogP) is 1.97. The van der Waals surface area contributed by atoms with E-state index in [1.54, 1.807) is 17.9 Å². The van der Waals surface area contributed by atoms with Gasteiger partial charge in [0.05, 0.1) is 17.1 Å². The van der Waals surface area contributed by atoms with Crippen LogP contribution < -0.4 is 10.2 Å². The summed E-state index contributed by atoms with van der Waals surface area (Å²) in [5.74, 6) is 0.860. The van der Waals surface area contributed by atoms with Gasteiger partial charge in [0.1, 0.15) is 5.82 Å². The first-order valence-corrected chi connectivity index (χ1v) is 8.33. The molecule has 1 aromatic carbocycles. The minimum Gasteiger partial charge on any atom is -0.324 e. The number of nitrogens with zero attached hydrogens (tertiary/aromatic N) is 3. The molecule has 1 saturated heterocycles. The number of hydrogen-bond acceptors (Lipinski definition) is 5. The van der Waals surface area contributed by atoms with E-state index in [1.165, 1.54) is 11.8 Å². The van der Waals surface area contributed by atoms with E-state index in [1.807, 2.05) is 18.2 Å². The molecule has 7 nitrogen and oxygen atoms in total. The maximum atomic E-state index is 12.1. The summed E-state index contributed by atoms with van der Waals surface area (Å²) in [4.78, 5) is 29.9. The smallest absolute Gasteiger partial charge is 0.234 e. The van der Waals surface area contributed by atoms with Gasteiger partial charge in [-0.25, -0.2) is 4.98 Å². The first-order chi connectivity index (χ1) is 11.1. The number of amides is 2. The Morgan fingerprint density at radius 3 is 2.96 bits per heavy atom. The van der Waals surface area contributed by atoms with E-state index in [4.69, 9.17) is 0 Å². The lowest BCUT2D eigenvalue weighted by molar-refractivity contribution is -0.117. The average Bonchev–Trinajstić information content (AvgIpc) is 3.14. The number of benzene rings is 1. The molecule has 0 unspecified atom stereocenters. The Morgan fingerprint density at radius 1 is 1.43 bits per heavy atom. The standard InChI is InChI=1S/C15H17N5O2S/c1-10-16-15(19-18-10)23-9-13(21)17-11-5-2-3-6-12(11)20-8-4-7-14(20)22/h2-3,5-6H,4,7-9H2,1H3,(H,17,21)(H,16,18,19). The van der Waals surface area contributed by atoms with Gasteiger partial charge in [-0.3, -0.25) is 14.7 Å². The maximum absolute atomic E-state index is 12.1. The van der Waals surface area contributed by atoms with Crippen molar-refractivity contribution < 1.29 is 9.59 Å². The summed E-state index contributed by atoms with van der Waals surface area (Å²) >= 11 is 1.26. The van der Waals surface area contributed by atoms with Crippen LogP contribution in [0, 0.1) is 6.92 Å². The zero-order chi connectivity index (χ0) is 16.2. The molecule has 3 rings (SSSR count). The lowest BCUT2D eigenvalue weighted by atomic mass is 10.2. The number of nitrogens with one attached hydrogen (secondary N) is 2. The summed E-state index contributed by atoms with van der Waals surface area (Å²) in [5, 5.41) is 10.1. The molecule has 1 aromatic heterocycles. The molecule has 0 radical (unpaired) electrons.